The predicted octanol–water partition coefficient (Wildman–Crippen LogP) is 5.33. The highest BCUT2D eigenvalue weighted by Crippen LogP contribution is 2.21. The van der Waals surface area contributed by atoms with E-state index in [2.05, 4.69) is 67.7 Å². The van der Waals surface area contributed by atoms with Crippen molar-refractivity contribution in [3.63, 3.8) is 0 Å². The van der Waals surface area contributed by atoms with Crippen molar-refractivity contribution < 1.29 is 28.9 Å². The van der Waals surface area contributed by atoms with E-state index in [9.17, 15) is 9.59 Å². The van der Waals surface area contributed by atoms with Crippen LogP contribution >= 0.6 is 47.8 Å². The number of amides is 2. The maximum atomic E-state index is 11.7. The van der Waals surface area contributed by atoms with Gasteiger partial charge in [-0.25, -0.2) is 19.6 Å². The summed E-state index contributed by atoms with van der Waals surface area (Å²) in [6.07, 6.45) is 5.87. The van der Waals surface area contributed by atoms with E-state index in [1.807, 2.05) is 41.5 Å². The Hall–Kier alpha value is -2.10. The fourth-order valence-electron chi connectivity index (χ4n) is 3.23. The summed E-state index contributed by atoms with van der Waals surface area (Å²) < 4.78 is 18.1. The molecule has 2 aromatic heterocycles. The number of hydrogen-bond acceptors (Lipinski definition) is 10. The van der Waals surface area contributed by atoms with Crippen molar-refractivity contribution in [2.45, 2.75) is 52.7 Å². The average molecular weight is 769 g/mol. The highest BCUT2D eigenvalue weighted by molar-refractivity contribution is 9.11. The molecule has 0 radical (unpaired) electrons. The SMILES string of the molecule is Brc1cncc(Br)n1.CC(C)(C)OC(=O)N1CC(CO)C1.CC(C)(C)OC(=O)N1CC(COc2cncc(Br)n2)C1. The standard InChI is InChI=1S/C13H18BrN3O3.C9H17NO3.C4H2Br2N2/c1-13(2,3)20-12(18)17-6-9(7-17)8-19-11-5-15-4-10(14)16-11;1-9(2,3)13-8(12)10-4-7(5-10)6-11;5-3-1-7-2-4(6)8-3/h4-5,9H,6-8H2,1-3H3;7,11H,4-6H2,1-3H3;1-2H. The van der Waals surface area contributed by atoms with Gasteiger partial charge in [0.25, 0.3) is 0 Å². The summed E-state index contributed by atoms with van der Waals surface area (Å²) in [5, 5.41) is 8.74. The van der Waals surface area contributed by atoms with Crippen LogP contribution in [0.5, 0.6) is 5.88 Å². The molecule has 0 spiro atoms. The number of aliphatic hydroxyl groups excluding tert-OH is 1. The van der Waals surface area contributed by atoms with Gasteiger partial charge in [-0.3, -0.25) is 9.97 Å². The minimum atomic E-state index is -0.454. The van der Waals surface area contributed by atoms with Crippen LogP contribution in [-0.4, -0.2) is 97.6 Å². The van der Waals surface area contributed by atoms with E-state index in [-0.39, 0.29) is 24.7 Å². The van der Waals surface area contributed by atoms with E-state index in [1.54, 1.807) is 34.6 Å². The highest BCUT2D eigenvalue weighted by atomic mass is 79.9. The normalized spacial score (nSPS) is 15.3. The summed E-state index contributed by atoms with van der Waals surface area (Å²) in [5.74, 6) is 1.03. The molecule has 0 bridgehead atoms. The van der Waals surface area contributed by atoms with E-state index in [1.165, 1.54) is 0 Å². The van der Waals surface area contributed by atoms with Gasteiger partial charge >= 0.3 is 12.2 Å². The molecular formula is C26H37Br3N6O6. The van der Waals surface area contributed by atoms with Gasteiger partial charge in [0.2, 0.25) is 5.88 Å². The Labute approximate surface area is 266 Å². The number of aliphatic hydroxyl groups is 1. The molecule has 0 saturated carbocycles. The van der Waals surface area contributed by atoms with Crippen molar-refractivity contribution in [2.24, 2.45) is 11.8 Å². The second-order valence-electron chi connectivity index (χ2n) is 11.3. The molecule has 4 rings (SSSR count). The topological polar surface area (TPSA) is 140 Å². The molecule has 2 saturated heterocycles. The fourth-order valence-corrected chi connectivity index (χ4v) is 4.38. The first-order valence-corrected chi connectivity index (χ1v) is 15.2. The molecule has 12 nitrogen and oxygen atoms in total. The number of carbonyl (C=O) groups excluding carboxylic acids is 2. The van der Waals surface area contributed by atoms with E-state index >= 15 is 0 Å². The molecule has 228 valence electrons. The van der Waals surface area contributed by atoms with Gasteiger partial charge in [-0.1, -0.05) is 0 Å². The first-order valence-electron chi connectivity index (χ1n) is 12.8. The Bertz CT molecular complexity index is 1120. The summed E-state index contributed by atoms with van der Waals surface area (Å²) >= 11 is 9.55. The van der Waals surface area contributed by atoms with E-state index in [4.69, 9.17) is 19.3 Å². The number of nitrogens with zero attached hydrogens (tertiary/aromatic N) is 6. The van der Waals surface area contributed by atoms with Crippen LogP contribution in [0.2, 0.25) is 0 Å². The number of carbonyl (C=O) groups is 2. The van der Waals surface area contributed by atoms with Crippen LogP contribution in [0.15, 0.2) is 38.6 Å². The minimum Gasteiger partial charge on any atom is -0.476 e. The summed E-state index contributed by atoms with van der Waals surface area (Å²) in [6, 6.07) is 0. The van der Waals surface area contributed by atoms with Crippen LogP contribution in [0.1, 0.15) is 41.5 Å². The van der Waals surface area contributed by atoms with Gasteiger partial charge in [0.1, 0.15) is 25.0 Å². The van der Waals surface area contributed by atoms with E-state index < -0.39 is 11.2 Å². The lowest BCUT2D eigenvalue weighted by atomic mass is 10.0. The number of ether oxygens (including phenoxy) is 3. The number of hydrogen-bond donors (Lipinski definition) is 1. The Balaban J connectivity index is 0.000000239. The average Bonchev–Trinajstić information content (AvgIpc) is 2.76. The van der Waals surface area contributed by atoms with Gasteiger partial charge in [0.05, 0.1) is 31.4 Å². The molecule has 2 fully saturated rings. The molecule has 2 amide bonds. The third-order valence-electron chi connectivity index (χ3n) is 5.10. The number of likely N-dealkylation sites (tertiary alicyclic amines) is 2. The molecule has 41 heavy (non-hydrogen) atoms. The number of aromatic nitrogens is 4. The van der Waals surface area contributed by atoms with Crippen molar-refractivity contribution in [1.82, 2.24) is 29.7 Å². The monoisotopic (exact) mass is 766 g/mol. The van der Waals surface area contributed by atoms with Gasteiger partial charge in [-0.15, -0.1) is 0 Å². The zero-order valence-corrected chi connectivity index (χ0v) is 28.8. The van der Waals surface area contributed by atoms with Crippen LogP contribution in [0, 0.1) is 11.8 Å². The maximum absolute atomic E-state index is 11.7. The predicted molar refractivity (Wildman–Crippen MR) is 162 cm³/mol. The molecule has 2 aromatic rings. The van der Waals surface area contributed by atoms with E-state index in [0.717, 1.165) is 9.21 Å². The zero-order chi connectivity index (χ0) is 30.8. The lowest BCUT2D eigenvalue weighted by molar-refractivity contribution is -0.0101. The zero-order valence-electron chi connectivity index (χ0n) is 24.0. The summed E-state index contributed by atoms with van der Waals surface area (Å²) in [4.78, 5) is 42.2. The third kappa shape index (κ3) is 14.1. The van der Waals surface area contributed by atoms with Crippen LogP contribution in [-0.2, 0) is 9.47 Å². The van der Waals surface area contributed by atoms with Gasteiger partial charge < -0.3 is 29.1 Å². The number of rotatable bonds is 4. The summed E-state index contributed by atoms with van der Waals surface area (Å²) in [7, 11) is 0. The second-order valence-corrected chi connectivity index (χ2v) is 13.8. The van der Waals surface area contributed by atoms with Crippen LogP contribution in [0.25, 0.3) is 0 Å². The third-order valence-corrected chi connectivity index (χ3v) is 6.25. The van der Waals surface area contributed by atoms with Gasteiger partial charge in [-0.05, 0) is 89.3 Å². The van der Waals surface area contributed by atoms with Crippen molar-refractivity contribution in [1.29, 1.82) is 0 Å². The molecular weight excluding hydrogens is 732 g/mol. The number of halogens is 3. The van der Waals surface area contributed by atoms with Gasteiger partial charge in [0.15, 0.2) is 0 Å². The molecule has 0 aliphatic carbocycles. The second kappa shape index (κ2) is 15.9. The molecule has 1 N–H and O–H groups in total. The highest BCUT2D eigenvalue weighted by Gasteiger charge is 2.34. The molecule has 2 aliphatic rings. The minimum absolute atomic E-state index is 0.152. The van der Waals surface area contributed by atoms with Gasteiger partial charge in [-0.2, -0.15) is 0 Å². The van der Waals surface area contributed by atoms with Crippen LogP contribution < -0.4 is 4.74 Å². The van der Waals surface area contributed by atoms with Crippen molar-refractivity contribution >= 4 is 60.0 Å². The summed E-state index contributed by atoms with van der Waals surface area (Å²) in [5.41, 5.74) is -0.883. The smallest absolute Gasteiger partial charge is 0.410 e. The molecule has 0 unspecified atom stereocenters. The largest absolute Gasteiger partial charge is 0.476 e. The van der Waals surface area contributed by atoms with Crippen molar-refractivity contribution in [3.8, 4) is 5.88 Å². The Morgan fingerprint density at radius 1 is 0.780 bits per heavy atom. The van der Waals surface area contributed by atoms with Crippen LogP contribution in [0.4, 0.5) is 9.59 Å². The maximum Gasteiger partial charge on any atom is 0.410 e. The lowest BCUT2D eigenvalue weighted by Gasteiger charge is -2.39. The molecule has 0 aromatic carbocycles. The van der Waals surface area contributed by atoms with Crippen LogP contribution in [0.3, 0.4) is 0 Å². The Morgan fingerprint density at radius 3 is 1.56 bits per heavy atom. The molecule has 2 aliphatic heterocycles. The first-order chi connectivity index (χ1) is 19.0. The first kappa shape index (κ1) is 35.1. The fraction of sp³-hybridized carbons (Fsp3) is 0.615. The van der Waals surface area contributed by atoms with Gasteiger partial charge in [0, 0.05) is 44.6 Å². The summed E-state index contributed by atoms with van der Waals surface area (Å²) in [6.45, 7) is 14.3. The molecule has 0 atom stereocenters. The Morgan fingerprint density at radius 2 is 1.20 bits per heavy atom. The lowest BCUT2D eigenvalue weighted by Crippen LogP contribution is -2.53. The Kier molecular flexibility index (Phi) is 13.6. The van der Waals surface area contributed by atoms with Crippen molar-refractivity contribution in [3.05, 3.63) is 38.6 Å². The quantitative estimate of drug-likeness (QED) is 0.434. The molecule has 4 heterocycles. The molecule has 15 heteroatoms. The van der Waals surface area contributed by atoms with E-state index in [0.29, 0.717) is 49.2 Å². The van der Waals surface area contributed by atoms with Crippen molar-refractivity contribution in [2.75, 3.05) is 39.4 Å².